The fourth-order valence-corrected chi connectivity index (χ4v) is 1.34. The number of ether oxygens (including phenoxy) is 1. The minimum Gasteiger partial charge on any atom is -0.504 e. The molecule has 0 aliphatic heterocycles. The van der Waals surface area contributed by atoms with Crippen LogP contribution in [0.3, 0.4) is 0 Å². The van der Waals surface area contributed by atoms with Crippen LogP contribution in [0.2, 0.25) is 0 Å². The number of rotatable bonds is 2. The topological polar surface area (TPSA) is 67.8 Å². The molecule has 0 aliphatic carbocycles. The Morgan fingerprint density at radius 2 is 2.31 bits per heavy atom. The van der Waals surface area contributed by atoms with Crippen molar-refractivity contribution in [1.82, 2.24) is 0 Å². The zero-order valence-corrected chi connectivity index (χ0v) is 8.58. The molecule has 1 aromatic carbocycles. The van der Waals surface area contributed by atoms with Crippen molar-refractivity contribution < 1.29 is 9.84 Å². The molecule has 0 atom stereocenters. The molecule has 0 spiro atoms. The van der Waals surface area contributed by atoms with Gasteiger partial charge in [0.25, 0.3) is 0 Å². The zero-order chi connectivity index (χ0) is 9.84. The molecule has 0 aliphatic rings. The van der Waals surface area contributed by atoms with Crippen LogP contribution in [0, 0.1) is 0 Å². The minimum atomic E-state index is 0.0727. The van der Waals surface area contributed by atoms with E-state index in [1.807, 2.05) is 0 Å². The number of hydrogen-bond acceptors (Lipinski definition) is 4. The van der Waals surface area contributed by atoms with Gasteiger partial charge in [0.1, 0.15) is 0 Å². The molecule has 1 aromatic rings. The highest BCUT2D eigenvalue weighted by molar-refractivity contribution is 9.10. The largest absolute Gasteiger partial charge is 0.504 e. The van der Waals surface area contributed by atoms with Gasteiger partial charge in [-0.3, -0.25) is 0 Å². The smallest absolute Gasteiger partial charge is 0.161 e. The highest BCUT2D eigenvalue weighted by atomic mass is 79.9. The predicted octanol–water partition coefficient (Wildman–Crippen LogP) is 1.46. The fourth-order valence-electron chi connectivity index (χ4n) is 0.901. The fraction of sp³-hybridized carbons (Fsp3) is 0.125. The van der Waals surface area contributed by atoms with Crippen molar-refractivity contribution in [3.05, 3.63) is 22.2 Å². The monoisotopic (exact) mass is 244 g/mol. The van der Waals surface area contributed by atoms with E-state index in [1.54, 1.807) is 6.07 Å². The Labute approximate surface area is 84.1 Å². The number of hydrazone groups is 1. The van der Waals surface area contributed by atoms with Gasteiger partial charge >= 0.3 is 0 Å². The first-order valence-corrected chi connectivity index (χ1v) is 4.28. The Bertz CT molecular complexity index is 339. The summed E-state index contributed by atoms with van der Waals surface area (Å²) >= 11 is 3.25. The Hall–Kier alpha value is -1.23. The van der Waals surface area contributed by atoms with Crippen LogP contribution in [-0.2, 0) is 0 Å². The van der Waals surface area contributed by atoms with E-state index in [1.165, 1.54) is 19.4 Å². The van der Waals surface area contributed by atoms with Gasteiger partial charge in [-0.25, -0.2) is 0 Å². The third-order valence-corrected chi connectivity index (χ3v) is 2.20. The van der Waals surface area contributed by atoms with Gasteiger partial charge in [0, 0.05) is 10.0 Å². The van der Waals surface area contributed by atoms with Crippen molar-refractivity contribution in [2.24, 2.45) is 10.9 Å². The maximum absolute atomic E-state index is 9.35. The number of phenols is 1. The van der Waals surface area contributed by atoms with E-state index in [0.29, 0.717) is 10.2 Å². The normalized spacial score (nSPS) is 10.6. The van der Waals surface area contributed by atoms with Gasteiger partial charge in [-0.2, -0.15) is 5.10 Å². The molecule has 3 N–H and O–H groups in total. The van der Waals surface area contributed by atoms with Crippen LogP contribution in [0.25, 0.3) is 0 Å². The van der Waals surface area contributed by atoms with Crippen molar-refractivity contribution in [3.8, 4) is 11.5 Å². The molecule has 0 unspecified atom stereocenters. The van der Waals surface area contributed by atoms with Crippen LogP contribution in [0.15, 0.2) is 21.7 Å². The van der Waals surface area contributed by atoms with E-state index in [9.17, 15) is 5.11 Å². The summed E-state index contributed by atoms with van der Waals surface area (Å²) in [7, 11) is 1.48. The van der Waals surface area contributed by atoms with Crippen molar-refractivity contribution in [2.75, 3.05) is 7.11 Å². The van der Waals surface area contributed by atoms with E-state index < -0.39 is 0 Å². The van der Waals surface area contributed by atoms with Crippen molar-refractivity contribution >= 4 is 22.1 Å². The summed E-state index contributed by atoms with van der Waals surface area (Å²) in [4.78, 5) is 0. The second-order valence-corrected chi connectivity index (χ2v) is 3.18. The third kappa shape index (κ3) is 2.12. The summed E-state index contributed by atoms with van der Waals surface area (Å²) in [6.45, 7) is 0. The average Bonchev–Trinajstić information content (AvgIpc) is 2.10. The quantitative estimate of drug-likeness (QED) is 0.470. The standard InChI is InChI=1S/C8H9BrN2O2/c1-13-8-2-5(4-11-10)6(9)3-7(8)12/h2-4,12H,10H2,1H3/b11-4+. The van der Waals surface area contributed by atoms with Gasteiger partial charge in [0.05, 0.1) is 13.3 Å². The molecule has 0 heterocycles. The molecule has 5 heteroatoms. The molecule has 0 saturated carbocycles. The molecule has 70 valence electrons. The number of nitrogens with two attached hydrogens (primary N) is 1. The lowest BCUT2D eigenvalue weighted by atomic mass is 10.2. The molecule has 0 bridgehead atoms. The lowest BCUT2D eigenvalue weighted by Gasteiger charge is -2.05. The van der Waals surface area contributed by atoms with Crippen LogP contribution in [-0.4, -0.2) is 18.4 Å². The first-order chi connectivity index (χ1) is 6.19. The van der Waals surface area contributed by atoms with Crippen LogP contribution in [0.1, 0.15) is 5.56 Å². The number of benzene rings is 1. The first-order valence-electron chi connectivity index (χ1n) is 3.48. The summed E-state index contributed by atoms with van der Waals surface area (Å²) in [6, 6.07) is 3.16. The Morgan fingerprint density at radius 3 is 2.85 bits per heavy atom. The van der Waals surface area contributed by atoms with Crippen molar-refractivity contribution in [2.45, 2.75) is 0 Å². The first kappa shape index (κ1) is 9.85. The predicted molar refractivity (Wildman–Crippen MR) is 54.1 cm³/mol. The molecule has 0 radical (unpaired) electrons. The number of methoxy groups -OCH3 is 1. The number of halogens is 1. The highest BCUT2D eigenvalue weighted by Crippen LogP contribution is 2.31. The van der Waals surface area contributed by atoms with E-state index in [2.05, 4.69) is 21.0 Å². The Balaban J connectivity index is 3.22. The summed E-state index contributed by atoms with van der Waals surface area (Å²) in [5.41, 5.74) is 0.747. The van der Waals surface area contributed by atoms with Crippen LogP contribution in [0.4, 0.5) is 0 Å². The molecule has 0 aromatic heterocycles. The van der Waals surface area contributed by atoms with Gasteiger partial charge in [0.15, 0.2) is 11.5 Å². The molecular formula is C8H9BrN2O2. The van der Waals surface area contributed by atoms with E-state index in [-0.39, 0.29) is 5.75 Å². The lowest BCUT2D eigenvalue weighted by Crippen LogP contribution is -1.91. The zero-order valence-electron chi connectivity index (χ0n) is 6.99. The molecule has 0 amide bonds. The molecule has 0 fully saturated rings. The highest BCUT2D eigenvalue weighted by Gasteiger charge is 2.05. The van der Waals surface area contributed by atoms with Gasteiger partial charge in [-0.15, -0.1) is 0 Å². The SMILES string of the molecule is COc1cc(/C=N/N)c(Br)cc1O. The van der Waals surface area contributed by atoms with Crippen molar-refractivity contribution in [1.29, 1.82) is 0 Å². The van der Waals surface area contributed by atoms with Gasteiger partial charge in [-0.1, -0.05) is 0 Å². The average molecular weight is 245 g/mol. The third-order valence-electron chi connectivity index (χ3n) is 1.51. The Kier molecular flexibility index (Phi) is 3.13. The van der Waals surface area contributed by atoms with Crippen LogP contribution < -0.4 is 10.6 Å². The number of aromatic hydroxyl groups is 1. The van der Waals surface area contributed by atoms with Crippen molar-refractivity contribution in [3.63, 3.8) is 0 Å². The van der Waals surface area contributed by atoms with Gasteiger partial charge in [0.2, 0.25) is 0 Å². The molecule has 4 nitrogen and oxygen atoms in total. The number of hydrogen-bond donors (Lipinski definition) is 2. The Morgan fingerprint density at radius 1 is 1.62 bits per heavy atom. The lowest BCUT2D eigenvalue weighted by molar-refractivity contribution is 0.373. The minimum absolute atomic E-state index is 0.0727. The molecular weight excluding hydrogens is 236 g/mol. The van der Waals surface area contributed by atoms with Gasteiger partial charge < -0.3 is 15.7 Å². The number of nitrogens with zero attached hydrogens (tertiary/aromatic N) is 1. The van der Waals surface area contributed by atoms with Crippen LogP contribution >= 0.6 is 15.9 Å². The second kappa shape index (κ2) is 4.13. The summed E-state index contributed by atoms with van der Waals surface area (Å²) in [6.07, 6.45) is 1.46. The van der Waals surface area contributed by atoms with E-state index >= 15 is 0 Å². The van der Waals surface area contributed by atoms with E-state index in [0.717, 1.165) is 5.56 Å². The summed E-state index contributed by atoms with van der Waals surface area (Å²) in [5, 5.41) is 12.7. The van der Waals surface area contributed by atoms with Gasteiger partial charge in [-0.05, 0) is 28.1 Å². The molecule has 0 saturated heterocycles. The summed E-state index contributed by atoms with van der Waals surface area (Å²) < 4.78 is 5.62. The molecule has 13 heavy (non-hydrogen) atoms. The van der Waals surface area contributed by atoms with Crippen LogP contribution in [0.5, 0.6) is 11.5 Å². The summed E-state index contributed by atoms with van der Waals surface area (Å²) in [5.74, 6) is 5.46. The maximum atomic E-state index is 9.35. The maximum Gasteiger partial charge on any atom is 0.161 e. The molecule has 1 rings (SSSR count). The number of phenolic OH excluding ortho intramolecular Hbond substituents is 1. The van der Waals surface area contributed by atoms with E-state index in [4.69, 9.17) is 10.6 Å². The second-order valence-electron chi connectivity index (χ2n) is 2.32.